The smallest absolute Gasteiger partial charge is 0.364 e. The van der Waals surface area contributed by atoms with Gasteiger partial charge in [-0.1, -0.05) is 0 Å². The number of aliphatic hydroxyl groups is 11. The van der Waals surface area contributed by atoms with E-state index in [4.69, 9.17) is 39.9 Å². The second kappa shape index (κ2) is 39.8. The van der Waals surface area contributed by atoms with Crippen LogP contribution in [0.15, 0.2) is 0 Å². The minimum absolute atomic E-state index is 0.0309. The van der Waals surface area contributed by atoms with Crippen molar-refractivity contribution in [2.24, 2.45) is 11.5 Å². The first-order valence-corrected chi connectivity index (χ1v) is 33.9. The van der Waals surface area contributed by atoms with Crippen molar-refractivity contribution in [1.82, 2.24) is 52.3 Å². The van der Waals surface area contributed by atoms with Gasteiger partial charge in [0.05, 0.1) is 57.2 Å². The number of ether oxygens (including phenoxy) is 6. The molecule has 44 heteroatoms. The Hall–Kier alpha value is -7.61. The zero-order valence-electron chi connectivity index (χ0n) is 58.4. The Labute approximate surface area is 599 Å². The third-order valence-electron chi connectivity index (χ3n) is 18.2. The number of primary amides is 1. The van der Waals surface area contributed by atoms with Gasteiger partial charge < -0.3 is 159 Å². The summed E-state index contributed by atoms with van der Waals surface area (Å²) in [5.41, 5.74) is 11.2. The minimum Gasteiger partial charge on any atom is -0.480 e. The average Bonchev–Trinajstić information content (AvgIpc) is 1.73. The number of nitrogens with one attached hydrogen (secondary N) is 8. The Morgan fingerprint density at radius 3 is 1.75 bits per heavy atom. The summed E-state index contributed by atoms with van der Waals surface area (Å²) in [6, 6.07) is -17.3. The third kappa shape index (κ3) is 22.7. The second-order valence-corrected chi connectivity index (χ2v) is 26.2. The Bertz CT molecular complexity index is 3050. The van der Waals surface area contributed by atoms with E-state index in [9.17, 15) is 129 Å². The van der Waals surface area contributed by atoms with Crippen LogP contribution in [0.2, 0.25) is 0 Å². The zero-order chi connectivity index (χ0) is 78.8. The molecule has 25 N–H and O–H groups in total. The highest BCUT2D eigenvalue weighted by molar-refractivity contribution is 5.99. The van der Waals surface area contributed by atoms with Crippen LogP contribution in [0, 0.1) is 0 Å². The standard InChI is InChI=1S/C61H100N12O32/c1-23(57(96)97)64-51(90)31(19-74)69-53(92)39(24(2)78)70-54(93)40(71-50(89)30(17-38(63)84)68-52(91)32-12-9-15-72(32)56(95)33-13-10-16-73(33)55(94)29(65-26(4)79)11-7-8-14-62)25(3)100-58-42(67-28(6)81)45(87)47(37(22-77)102-58)103-59-46(88)49(44(86)36(21-76)101-59)105-61(60(98)99)18-34(82)41(66-27(5)80)48(104-61)43(85)35(83)20-75/h23-25,29-37,39-49,58-59,74-78,82-83,85-88H,7-22,62H2,1-6H3,(H2,63,84)(H,64,90)(H,65,79)(H,66,80)(H,67,81)(H,68,91)(H,69,92)(H,70,93)(H,71,89)(H,96,97)(H,98,99)/t23-,24+,25+,29-,30-,31-,32-,33-,34-,35+,36+,37+,39-,40-,41+,42+,43+,44-,45+,46+,47+,48+,49-,58+,59-,61-/m0/s1. The van der Waals surface area contributed by atoms with Crippen LogP contribution in [0.25, 0.3) is 0 Å². The van der Waals surface area contributed by atoms with Gasteiger partial charge in [0.15, 0.2) is 12.6 Å². The lowest BCUT2D eigenvalue weighted by Crippen LogP contribution is -2.71. The molecule has 0 aliphatic carbocycles. The summed E-state index contributed by atoms with van der Waals surface area (Å²) in [6.45, 7) is 1.70. The summed E-state index contributed by atoms with van der Waals surface area (Å²) in [5.74, 6) is -18.5. The molecule has 596 valence electrons. The number of hydrogen-bond acceptors (Lipinski definition) is 31. The van der Waals surface area contributed by atoms with E-state index in [-0.39, 0.29) is 38.8 Å². The second-order valence-electron chi connectivity index (χ2n) is 26.2. The van der Waals surface area contributed by atoms with Gasteiger partial charge in [-0.15, -0.1) is 0 Å². The highest BCUT2D eigenvalue weighted by Gasteiger charge is 2.61. The molecule has 5 saturated heterocycles. The van der Waals surface area contributed by atoms with Crippen molar-refractivity contribution < 1.29 is 157 Å². The van der Waals surface area contributed by atoms with Crippen LogP contribution in [0.5, 0.6) is 0 Å². The summed E-state index contributed by atoms with van der Waals surface area (Å²) in [4.78, 5) is 177. The van der Waals surface area contributed by atoms with Gasteiger partial charge in [-0.05, 0) is 72.3 Å². The molecule has 5 aliphatic heterocycles. The number of hydrogen-bond donors (Lipinski definition) is 23. The van der Waals surface area contributed by atoms with E-state index in [1.807, 2.05) is 10.6 Å². The van der Waals surface area contributed by atoms with Crippen molar-refractivity contribution in [3.63, 3.8) is 0 Å². The maximum Gasteiger partial charge on any atom is 0.364 e. The van der Waals surface area contributed by atoms with Crippen molar-refractivity contribution in [2.45, 2.75) is 257 Å². The monoisotopic (exact) mass is 1510 g/mol. The van der Waals surface area contributed by atoms with Crippen molar-refractivity contribution in [1.29, 1.82) is 0 Å². The van der Waals surface area contributed by atoms with Gasteiger partial charge >= 0.3 is 11.9 Å². The number of carbonyl (C=O) groups excluding carboxylic acids is 11. The van der Waals surface area contributed by atoms with Gasteiger partial charge in [-0.3, -0.25) is 57.5 Å². The number of unbranched alkanes of at least 4 members (excludes halogenated alkanes) is 1. The highest BCUT2D eigenvalue weighted by atomic mass is 16.8. The van der Waals surface area contributed by atoms with Crippen LogP contribution in [0.4, 0.5) is 0 Å². The Morgan fingerprint density at radius 2 is 1.20 bits per heavy atom. The first-order valence-electron chi connectivity index (χ1n) is 33.9. The van der Waals surface area contributed by atoms with E-state index in [1.54, 1.807) is 0 Å². The fourth-order valence-electron chi connectivity index (χ4n) is 12.7. The highest BCUT2D eigenvalue weighted by Crippen LogP contribution is 2.39. The van der Waals surface area contributed by atoms with Crippen LogP contribution in [-0.2, 0) is 90.8 Å². The zero-order valence-corrected chi connectivity index (χ0v) is 58.4. The maximum absolute atomic E-state index is 14.9. The summed E-state index contributed by atoms with van der Waals surface area (Å²) in [6.07, 6.45) is -32.8. The molecule has 0 aromatic rings. The molecule has 0 aromatic carbocycles. The molecule has 105 heavy (non-hydrogen) atoms. The van der Waals surface area contributed by atoms with Gasteiger partial charge in [0.2, 0.25) is 65.0 Å². The number of aliphatic carboxylic acids is 2. The van der Waals surface area contributed by atoms with Crippen molar-refractivity contribution in [2.75, 3.05) is 46.1 Å². The SMILES string of the molecule is CC(=O)N[C@H]1[C@H](O[C@H](C)[C@H](NC(=O)[C@H](CC(N)=O)NC(=O)[C@@H]2CCCN2C(=O)[C@@H]2CCCN2C(=O)[C@H](CCCCN)NC(C)=O)C(=O)N[C@H](C(=O)N[C@@H](CO)C(=O)N[C@@H](C)C(=O)O)[C@@H](C)O)O[C@H](CO)[C@@H](O[C@@H]2O[C@H](CO)[C@H](O)[C@H](O[C@]3(C(=O)O)C[C@H](O)[C@@H](NC(C)=O)[C@H]([C@H](O)[C@H](O)CO)O3)[C@H]2O)[C@@H]1O. The fraction of sp³-hybridized carbons (Fsp3) is 0.787. The first-order chi connectivity index (χ1) is 49.3. The first kappa shape index (κ1) is 88.0. The van der Waals surface area contributed by atoms with E-state index < -0.39 is 274 Å². The Balaban J connectivity index is 1.49. The number of aliphatic hydroxyl groups excluding tert-OH is 11. The molecule has 5 aliphatic rings. The van der Waals surface area contributed by atoms with E-state index in [0.717, 1.165) is 34.6 Å². The lowest BCUT2D eigenvalue weighted by Gasteiger charge is -2.51. The normalized spacial score (nSPS) is 30.4. The Morgan fingerprint density at radius 1 is 0.619 bits per heavy atom. The average molecular weight is 1510 g/mol. The number of rotatable bonds is 37. The molecule has 5 fully saturated rings. The van der Waals surface area contributed by atoms with Crippen molar-refractivity contribution in [3.8, 4) is 0 Å². The van der Waals surface area contributed by atoms with Crippen molar-refractivity contribution in [3.05, 3.63) is 0 Å². The number of carboxylic acid groups (broad SMARTS) is 2. The lowest BCUT2D eigenvalue weighted by atomic mass is 9.88. The van der Waals surface area contributed by atoms with Gasteiger partial charge in [-0.25, -0.2) is 4.79 Å². The number of carbonyl (C=O) groups is 13. The molecule has 0 unspecified atom stereocenters. The Kier molecular flexibility index (Phi) is 33.4. The molecule has 11 amide bonds. The van der Waals surface area contributed by atoms with Crippen LogP contribution in [0.3, 0.4) is 0 Å². The summed E-state index contributed by atoms with van der Waals surface area (Å²) >= 11 is 0. The maximum atomic E-state index is 14.9. The number of likely N-dealkylation sites (tertiary alicyclic amines) is 2. The molecule has 5 heterocycles. The summed E-state index contributed by atoms with van der Waals surface area (Å²) in [7, 11) is 0. The van der Waals surface area contributed by atoms with Crippen LogP contribution >= 0.6 is 0 Å². The van der Waals surface area contributed by atoms with Crippen LogP contribution in [0.1, 0.15) is 99.3 Å². The molecule has 0 spiro atoms. The molecule has 5 rings (SSSR count). The van der Waals surface area contributed by atoms with Gasteiger partial charge in [0.25, 0.3) is 5.79 Å². The topological polar surface area (TPSA) is 695 Å². The summed E-state index contributed by atoms with van der Waals surface area (Å²) < 4.78 is 35.1. The van der Waals surface area contributed by atoms with Gasteiger partial charge in [0.1, 0.15) is 115 Å². The number of carboxylic acids is 2. The third-order valence-corrected chi connectivity index (χ3v) is 18.2. The van der Waals surface area contributed by atoms with Gasteiger partial charge in [0, 0.05) is 40.3 Å². The number of amides is 11. The molecule has 26 atom stereocenters. The minimum atomic E-state index is -3.27. The lowest BCUT2D eigenvalue weighted by molar-refractivity contribution is -0.383. The molecular formula is C61H100N12O32. The van der Waals surface area contributed by atoms with Crippen LogP contribution < -0.4 is 54.0 Å². The number of nitrogens with zero attached hydrogens (tertiary/aromatic N) is 2. The predicted molar refractivity (Wildman–Crippen MR) is 346 cm³/mol. The van der Waals surface area contributed by atoms with Crippen molar-refractivity contribution >= 4 is 76.9 Å². The predicted octanol–water partition coefficient (Wildman–Crippen LogP) is -13.3. The van der Waals surface area contributed by atoms with E-state index in [0.29, 0.717) is 25.8 Å². The van der Waals surface area contributed by atoms with Gasteiger partial charge in [-0.2, -0.15) is 0 Å². The molecule has 0 saturated carbocycles. The molecule has 0 radical (unpaired) electrons. The quantitative estimate of drug-likeness (QED) is 0.0257. The fourth-order valence-corrected chi connectivity index (χ4v) is 12.7. The van der Waals surface area contributed by atoms with E-state index >= 15 is 0 Å². The van der Waals surface area contributed by atoms with E-state index in [1.165, 1.54) is 16.7 Å². The van der Waals surface area contributed by atoms with Crippen LogP contribution in [-0.4, -0.2) is 357 Å². The summed E-state index contributed by atoms with van der Waals surface area (Å²) in [5, 5.41) is 158. The van der Waals surface area contributed by atoms with E-state index in [2.05, 4.69) is 31.9 Å². The molecule has 44 nitrogen and oxygen atoms in total. The number of nitrogens with two attached hydrogens (primary N) is 2. The molecule has 0 bridgehead atoms. The largest absolute Gasteiger partial charge is 0.480 e. The molecule has 0 aromatic heterocycles. The molecular weight excluding hydrogens is 1410 g/mol.